The quantitative estimate of drug-likeness (QED) is 0.828. The maximum Gasteiger partial charge on any atom is 0.137 e. The van der Waals surface area contributed by atoms with Crippen molar-refractivity contribution in [3.63, 3.8) is 0 Å². The Balaban J connectivity index is 1.67. The molecule has 1 N–H and O–H groups in total. The monoisotopic (exact) mass is 221 g/mol. The van der Waals surface area contributed by atoms with Gasteiger partial charge < -0.3 is 9.73 Å². The van der Waals surface area contributed by atoms with Gasteiger partial charge in [0.2, 0.25) is 0 Å². The van der Waals surface area contributed by atoms with Gasteiger partial charge in [0.1, 0.15) is 5.78 Å². The Morgan fingerprint density at radius 3 is 2.94 bits per heavy atom. The van der Waals surface area contributed by atoms with Crippen molar-refractivity contribution in [3.8, 4) is 0 Å². The summed E-state index contributed by atoms with van der Waals surface area (Å²) in [5, 5.41) is 3.34. The van der Waals surface area contributed by atoms with E-state index in [0.717, 1.165) is 37.4 Å². The maximum atomic E-state index is 11.7. The number of rotatable bonds is 5. The average molecular weight is 221 g/mol. The Morgan fingerprint density at radius 1 is 1.44 bits per heavy atom. The Kier molecular flexibility index (Phi) is 4.17. The number of hydrogen-bond acceptors (Lipinski definition) is 3. The number of carbonyl (C=O) groups excluding carboxylic acids is 1. The zero-order valence-corrected chi connectivity index (χ0v) is 9.58. The third-order valence-electron chi connectivity index (χ3n) is 3.27. The molecule has 0 bridgehead atoms. The molecule has 1 aromatic rings. The average Bonchev–Trinajstić information content (AvgIpc) is 2.81. The van der Waals surface area contributed by atoms with Crippen LogP contribution in [0.25, 0.3) is 0 Å². The number of furan rings is 1. The highest BCUT2D eigenvalue weighted by molar-refractivity contribution is 5.80. The predicted octanol–water partition coefficient (Wildman–Crippen LogP) is 2.17. The first-order chi connectivity index (χ1) is 7.84. The Bertz CT molecular complexity index is 313. The number of carbonyl (C=O) groups is 1. The second kappa shape index (κ2) is 5.85. The molecule has 0 spiro atoms. The van der Waals surface area contributed by atoms with Gasteiger partial charge in [0.25, 0.3) is 0 Å². The van der Waals surface area contributed by atoms with E-state index in [0.29, 0.717) is 12.2 Å². The summed E-state index contributed by atoms with van der Waals surface area (Å²) in [6.45, 7) is 2.22. The molecule has 1 aromatic heterocycles. The standard InChI is InChI=1S/C13H19NO2/c15-13(9-12-5-8-16-10-12)2-1-11-3-6-14-7-4-11/h5,8,10-11,14H,1-4,6-7,9H2. The summed E-state index contributed by atoms with van der Waals surface area (Å²) in [5.74, 6) is 1.08. The molecule has 16 heavy (non-hydrogen) atoms. The Morgan fingerprint density at radius 2 is 2.25 bits per heavy atom. The molecule has 0 atom stereocenters. The summed E-state index contributed by atoms with van der Waals surface area (Å²) >= 11 is 0. The third-order valence-corrected chi connectivity index (χ3v) is 3.27. The van der Waals surface area contributed by atoms with E-state index in [1.54, 1.807) is 12.5 Å². The topological polar surface area (TPSA) is 42.2 Å². The molecule has 1 saturated heterocycles. The molecule has 0 aromatic carbocycles. The molecule has 0 amide bonds. The number of hydrogen-bond donors (Lipinski definition) is 1. The lowest BCUT2D eigenvalue weighted by atomic mass is 9.91. The maximum absolute atomic E-state index is 11.7. The predicted molar refractivity (Wildman–Crippen MR) is 62.2 cm³/mol. The van der Waals surface area contributed by atoms with Gasteiger partial charge in [-0.25, -0.2) is 0 Å². The number of piperidine rings is 1. The van der Waals surface area contributed by atoms with Gasteiger partial charge in [-0.15, -0.1) is 0 Å². The van der Waals surface area contributed by atoms with Crippen LogP contribution >= 0.6 is 0 Å². The van der Waals surface area contributed by atoms with Crippen molar-refractivity contribution in [2.45, 2.75) is 32.1 Å². The van der Waals surface area contributed by atoms with E-state index in [2.05, 4.69) is 5.32 Å². The second-order valence-corrected chi connectivity index (χ2v) is 4.58. The molecule has 0 aliphatic carbocycles. The van der Waals surface area contributed by atoms with Gasteiger partial charge in [-0.2, -0.15) is 0 Å². The van der Waals surface area contributed by atoms with Crippen molar-refractivity contribution in [2.75, 3.05) is 13.1 Å². The van der Waals surface area contributed by atoms with Crippen LogP contribution in [0.2, 0.25) is 0 Å². The summed E-state index contributed by atoms with van der Waals surface area (Å²) in [6, 6.07) is 1.86. The lowest BCUT2D eigenvalue weighted by molar-refractivity contribution is -0.118. The van der Waals surface area contributed by atoms with Gasteiger partial charge in [-0.05, 0) is 49.9 Å². The highest BCUT2D eigenvalue weighted by Crippen LogP contribution is 2.18. The number of ketones is 1. The van der Waals surface area contributed by atoms with Crippen molar-refractivity contribution in [3.05, 3.63) is 24.2 Å². The van der Waals surface area contributed by atoms with Crippen LogP contribution in [-0.2, 0) is 11.2 Å². The van der Waals surface area contributed by atoms with Crippen molar-refractivity contribution < 1.29 is 9.21 Å². The molecule has 0 unspecified atom stereocenters. The van der Waals surface area contributed by atoms with Gasteiger partial charge in [0.05, 0.1) is 12.5 Å². The molecule has 0 radical (unpaired) electrons. The van der Waals surface area contributed by atoms with Crippen LogP contribution in [0.3, 0.4) is 0 Å². The van der Waals surface area contributed by atoms with Crippen LogP contribution < -0.4 is 5.32 Å². The first-order valence-corrected chi connectivity index (χ1v) is 6.08. The van der Waals surface area contributed by atoms with Crippen LogP contribution in [0.5, 0.6) is 0 Å². The summed E-state index contributed by atoms with van der Waals surface area (Å²) in [4.78, 5) is 11.7. The fourth-order valence-corrected chi connectivity index (χ4v) is 2.24. The van der Waals surface area contributed by atoms with Gasteiger partial charge >= 0.3 is 0 Å². The van der Waals surface area contributed by atoms with E-state index in [4.69, 9.17) is 4.42 Å². The Labute approximate surface area is 96.2 Å². The zero-order chi connectivity index (χ0) is 11.2. The van der Waals surface area contributed by atoms with Crippen LogP contribution in [0.15, 0.2) is 23.0 Å². The van der Waals surface area contributed by atoms with Crippen LogP contribution in [0.4, 0.5) is 0 Å². The van der Waals surface area contributed by atoms with Crippen molar-refractivity contribution in [1.29, 1.82) is 0 Å². The van der Waals surface area contributed by atoms with Crippen molar-refractivity contribution in [2.24, 2.45) is 5.92 Å². The lowest BCUT2D eigenvalue weighted by Gasteiger charge is -2.21. The second-order valence-electron chi connectivity index (χ2n) is 4.58. The largest absolute Gasteiger partial charge is 0.472 e. The molecule has 1 aliphatic rings. The number of Topliss-reactive ketones (excluding diaryl/α,β-unsaturated/α-hetero) is 1. The molecule has 1 fully saturated rings. The van der Waals surface area contributed by atoms with E-state index in [-0.39, 0.29) is 0 Å². The van der Waals surface area contributed by atoms with Gasteiger partial charge in [-0.3, -0.25) is 4.79 Å². The van der Waals surface area contributed by atoms with E-state index in [1.807, 2.05) is 6.07 Å². The summed E-state index contributed by atoms with van der Waals surface area (Å²) in [6.07, 6.45) is 8.02. The fraction of sp³-hybridized carbons (Fsp3) is 0.615. The van der Waals surface area contributed by atoms with Crippen molar-refractivity contribution in [1.82, 2.24) is 5.32 Å². The van der Waals surface area contributed by atoms with E-state index < -0.39 is 0 Å². The van der Waals surface area contributed by atoms with Crippen LogP contribution in [0.1, 0.15) is 31.2 Å². The highest BCUT2D eigenvalue weighted by Gasteiger charge is 2.14. The minimum absolute atomic E-state index is 0.333. The highest BCUT2D eigenvalue weighted by atomic mass is 16.3. The minimum Gasteiger partial charge on any atom is -0.472 e. The van der Waals surface area contributed by atoms with E-state index in [9.17, 15) is 4.79 Å². The third kappa shape index (κ3) is 3.49. The molecule has 0 saturated carbocycles. The Hall–Kier alpha value is -1.09. The molecule has 3 nitrogen and oxygen atoms in total. The molecule has 88 valence electrons. The van der Waals surface area contributed by atoms with Crippen LogP contribution in [-0.4, -0.2) is 18.9 Å². The molecule has 3 heteroatoms. The van der Waals surface area contributed by atoms with Gasteiger partial charge in [0, 0.05) is 12.8 Å². The molecule has 1 aliphatic heterocycles. The molecule has 2 rings (SSSR count). The normalized spacial score (nSPS) is 17.5. The number of nitrogens with one attached hydrogen (secondary N) is 1. The molecule has 2 heterocycles. The van der Waals surface area contributed by atoms with Crippen molar-refractivity contribution >= 4 is 5.78 Å². The SMILES string of the molecule is O=C(CCC1CCNCC1)Cc1ccoc1. The molecular formula is C13H19NO2. The first-order valence-electron chi connectivity index (χ1n) is 6.08. The van der Waals surface area contributed by atoms with E-state index in [1.165, 1.54) is 12.8 Å². The first kappa shape index (κ1) is 11.4. The zero-order valence-electron chi connectivity index (χ0n) is 9.58. The van der Waals surface area contributed by atoms with Crippen LogP contribution in [0, 0.1) is 5.92 Å². The fourth-order valence-electron chi connectivity index (χ4n) is 2.24. The minimum atomic E-state index is 0.333. The summed E-state index contributed by atoms with van der Waals surface area (Å²) < 4.78 is 4.95. The summed E-state index contributed by atoms with van der Waals surface area (Å²) in [7, 11) is 0. The summed E-state index contributed by atoms with van der Waals surface area (Å²) in [5.41, 5.74) is 0.996. The smallest absolute Gasteiger partial charge is 0.137 e. The van der Waals surface area contributed by atoms with E-state index >= 15 is 0 Å². The van der Waals surface area contributed by atoms with Gasteiger partial charge in [-0.1, -0.05) is 0 Å². The van der Waals surface area contributed by atoms with Gasteiger partial charge in [0.15, 0.2) is 0 Å². The molecular weight excluding hydrogens is 202 g/mol. The lowest BCUT2D eigenvalue weighted by Crippen LogP contribution is -2.28.